The molecule has 1 fully saturated rings. The van der Waals surface area contributed by atoms with Crippen molar-refractivity contribution in [1.29, 1.82) is 0 Å². The van der Waals surface area contributed by atoms with Crippen LogP contribution in [-0.2, 0) is 14.4 Å². The molecule has 1 heterocycles. The number of likely N-dealkylation sites (tertiary alicyclic amines) is 1. The van der Waals surface area contributed by atoms with Crippen molar-refractivity contribution in [3.63, 3.8) is 0 Å². The summed E-state index contributed by atoms with van der Waals surface area (Å²) in [6, 6.07) is 7.29. The van der Waals surface area contributed by atoms with Crippen molar-refractivity contribution in [2.45, 2.75) is 25.7 Å². The molecule has 7 heteroatoms. The molecular formula is C19H26N2O5. The molecule has 1 aliphatic heterocycles. The molecule has 1 aliphatic rings. The first-order valence-electron chi connectivity index (χ1n) is 8.73. The van der Waals surface area contributed by atoms with Crippen molar-refractivity contribution in [2.75, 3.05) is 33.8 Å². The van der Waals surface area contributed by atoms with Crippen LogP contribution in [0.5, 0.6) is 5.75 Å². The molecule has 2 atom stereocenters. The number of nitrogens with zero attached hydrogens (tertiary/aromatic N) is 2. The van der Waals surface area contributed by atoms with Crippen LogP contribution in [0.2, 0.25) is 0 Å². The summed E-state index contributed by atoms with van der Waals surface area (Å²) in [4.78, 5) is 39.2. The second-order valence-electron chi connectivity index (χ2n) is 6.71. The topological polar surface area (TPSA) is 87.2 Å². The first-order chi connectivity index (χ1) is 12.3. The molecule has 2 rings (SSSR count). The summed E-state index contributed by atoms with van der Waals surface area (Å²) in [5.74, 6) is -1.52. The van der Waals surface area contributed by atoms with E-state index in [9.17, 15) is 14.4 Å². The van der Waals surface area contributed by atoms with E-state index in [2.05, 4.69) is 0 Å². The maximum atomic E-state index is 12.7. The number of likely N-dealkylation sites (N-methyl/N-ethyl adjacent to an activating group) is 1. The Morgan fingerprint density at radius 1 is 1.38 bits per heavy atom. The summed E-state index contributed by atoms with van der Waals surface area (Å²) >= 11 is 0. The van der Waals surface area contributed by atoms with Gasteiger partial charge in [-0.2, -0.15) is 0 Å². The third kappa shape index (κ3) is 4.74. The summed E-state index contributed by atoms with van der Waals surface area (Å²) in [5, 5.41) is 9.14. The fraction of sp³-hybridized carbons (Fsp3) is 0.526. The average molecular weight is 362 g/mol. The first kappa shape index (κ1) is 19.8. The maximum Gasteiger partial charge on any atom is 0.308 e. The third-order valence-electron chi connectivity index (χ3n) is 4.84. The molecule has 2 amide bonds. The zero-order chi connectivity index (χ0) is 19.3. The molecule has 26 heavy (non-hydrogen) atoms. The molecule has 0 aliphatic carbocycles. The number of amides is 2. The van der Waals surface area contributed by atoms with Gasteiger partial charge in [0, 0.05) is 20.1 Å². The van der Waals surface area contributed by atoms with E-state index in [1.807, 2.05) is 18.2 Å². The molecule has 0 spiro atoms. The standard InChI is InChI=1S/C19H26N2O5/c1-13(14-6-4-8-16(10-14)26-3)18(23)20(2)12-17(22)21-9-5-7-15(11-21)19(24)25/h4,6,8,10,13,15H,5,7,9,11-12H2,1-3H3,(H,24,25). The number of hydrogen-bond acceptors (Lipinski definition) is 4. The van der Waals surface area contributed by atoms with E-state index in [0.717, 1.165) is 5.56 Å². The summed E-state index contributed by atoms with van der Waals surface area (Å²) in [6.07, 6.45) is 1.25. The number of methoxy groups -OCH3 is 1. The van der Waals surface area contributed by atoms with Crippen molar-refractivity contribution >= 4 is 17.8 Å². The van der Waals surface area contributed by atoms with E-state index in [0.29, 0.717) is 25.1 Å². The van der Waals surface area contributed by atoms with Crippen molar-refractivity contribution in [3.8, 4) is 5.75 Å². The summed E-state index contributed by atoms with van der Waals surface area (Å²) in [7, 11) is 3.16. The number of hydrogen-bond donors (Lipinski definition) is 1. The zero-order valence-electron chi connectivity index (χ0n) is 15.5. The highest BCUT2D eigenvalue weighted by Gasteiger charge is 2.29. The van der Waals surface area contributed by atoms with Gasteiger partial charge in [-0.3, -0.25) is 14.4 Å². The molecule has 0 aromatic heterocycles. The van der Waals surface area contributed by atoms with Gasteiger partial charge in [0.2, 0.25) is 11.8 Å². The number of rotatable bonds is 6. The lowest BCUT2D eigenvalue weighted by Gasteiger charge is -2.32. The monoisotopic (exact) mass is 362 g/mol. The van der Waals surface area contributed by atoms with E-state index in [-0.39, 0.29) is 24.9 Å². The number of ether oxygens (including phenoxy) is 1. The Balaban J connectivity index is 1.97. The van der Waals surface area contributed by atoms with Gasteiger partial charge >= 0.3 is 5.97 Å². The van der Waals surface area contributed by atoms with E-state index in [4.69, 9.17) is 9.84 Å². The summed E-state index contributed by atoms with van der Waals surface area (Å²) < 4.78 is 5.18. The number of piperidine rings is 1. The van der Waals surface area contributed by atoms with Crippen LogP contribution in [0.3, 0.4) is 0 Å². The maximum absolute atomic E-state index is 12.7. The van der Waals surface area contributed by atoms with E-state index in [1.54, 1.807) is 32.0 Å². The Labute approximate surface area is 153 Å². The predicted octanol–water partition coefficient (Wildman–Crippen LogP) is 1.58. The zero-order valence-corrected chi connectivity index (χ0v) is 15.5. The fourth-order valence-corrected chi connectivity index (χ4v) is 3.17. The molecular weight excluding hydrogens is 336 g/mol. The molecule has 1 saturated heterocycles. The quantitative estimate of drug-likeness (QED) is 0.830. The molecule has 0 radical (unpaired) electrons. The normalized spacial score (nSPS) is 18.1. The van der Waals surface area contributed by atoms with Crippen molar-refractivity contribution in [2.24, 2.45) is 5.92 Å². The summed E-state index contributed by atoms with van der Waals surface area (Å²) in [6.45, 7) is 2.48. The molecule has 142 valence electrons. The van der Waals surface area contributed by atoms with Crippen LogP contribution in [0, 0.1) is 5.92 Å². The highest BCUT2D eigenvalue weighted by Crippen LogP contribution is 2.22. The molecule has 2 unspecified atom stereocenters. The predicted molar refractivity (Wildman–Crippen MR) is 96.0 cm³/mol. The lowest BCUT2D eigenvalue weighted by Crippen LogP contribution is -2.47. The SMILES string of the molecule is COc1cccc(C(C)C(=O)N(C)CC(=O)N2CCCC(C(=O)O)C2)c1. The second-order valence-corrected chi connectivity index (χ2v) is 6.71. The van der Waals surface area contributed by atoms with Gasteiger partial charge in [-0.15, -0.1) is 0 Å². The molecule has 0 saturated carbocycles. The minimum absolute atomic E-state index is 0.0561. The number of carboxylic acids is 1. The fourth-order valence-electron chi connectivity index (χ4n) is 3.17. The van der Waals surface area contributed by atoms with Crippen LogP contribution >= 0.6 is 0 Å². The highest BCUT2D eigenvalue weighted by atomic mass is 16.5. The highest BCUT2D eigenvalue weighted by molar-refractivity contribution is 5.88. The van der Waals surface area contributed by atoms with Crippen LogP contribution in [-0.4, -0.2) is 66.5 Å². The number of carbonyl (C=O) groups excluding carboxylic acids is 2. The largest absolute Gasteiger partial charge is 0.497 e. The van der Waals surface area contributed by atoms with E-state index >= 15 is 0 Å². The minimum Gasteiger partial charge on any atom is -0.497 e. The molecule has 1 aromatic rings. The average Bonchev–Trinajstić information content (AvgIpc) is 2.66. The van der Waals surface area contributed by atoms with Crippen LogP contribution in [0.25, 0.3) is 0 Å². The van der Waals surface area contributed by atoms with Crippen LogP contribution in [0.4, 0.5) is 0 Å². The lowest BCUT2D eigenvalue weighted by atomic mass is 9.98. The minimum atomic E-state index is -0.876. The van der Waals surface area contributed by atoms with Crippen molar-refractivity contribution in [3.05, 3.63) is 29.8 Å². The van der Waals surface area contributed by atoms with Gasteiger partial charge in [0.25, 0.3) is 0 Å². The molecule has 1 N–H and O–H groups in total. The first-order valence-corrected chi connectivity index (χ1v) is 8.73. The van der Waals surface area contributed by atoms with Crippen molar-refractivity contribution < 1.29 is 24.2 Å². The number of carbonyl (C=O) groups is 3. The van der Waals surface area contributed by atoms with Crippen molar-refractivity contribution in [1.82, 2.24) is 9.80 Å². The smallest absolute Gasteiger partial charge is 0.308 e. The molecule has 7 nitrogen and oxygen atoms in total. The number of aliphatic carboxylic acids is 1. The summed E-state index contributed by atoms with van der Waals surface area (Å²) in [5.41, 5.74) is 0.817. The molecule has 1 aromatic carbocycles. The number of benzene rings is 1. The van der Waals surface area contributed by atoms with E-state index in [1.165, 1.54) is 4.90 Å². The Bertz CT molecular complexity index is 676. The Kier molecular flexibility index (Phi) is 6.60. The Morgan fingerprint density at radius 3 is 2.77 bits per heavy atom. The Morgan fingerprint density at radius 2 is 2.12 bits per heavy atom. The van der Waals surface area contributed by atoms with Crippen LogP contribution in [0.15, 0.2) is 24.3 Å². The lowest BCUT2D eigenvalue weighted by molar-refractivity contribution is -0.147. The van der Waals surface area contributed by atoms with Crippen LogP contribution < -0.4 is 4.74 Å². The number of carboxylic acid groups (broad SMARTS) is 1. The van der Waals surface area contributed by atoms with Gasteiger partial charge in [0.1, 0.15) is 5.75 Å². The van der Waals surface area contributed by atoms with Crippen LogP contribution in [0.1, 0.15) is 31.2 Å². The van der Waals surface area contributed by atoms with Gasteiger partial charge in [0.05, 0.1) is 25.5 Å². The third-order valence-corrected chi connectivity index (χ3v) is 4.84. The van der Waals surface area contributed by atoms with E-state index < -0.39 is 17.8 Å². The Hall–Kier alpha value is -2.57. The van der Waals surface area contributed by atoms with Gasteiger partial charge < -0.3 is 19.6 Å². The van der Waals surface area contributed by atoms with Gasteiger partial charge in [-0.1, -0.05) is 12.1 Å². The van der Waals surface area contributed by atoms with Gasteiger partial charge in [-0.05, 0) is 37.5 Å². The molecule has 0 bridgehead atoms. The van der Waals surface area contributed by atoms with Gasteiger partial charge in [0.15, 0.2) is 0 Å². The van der Waals surface area contributed by atoms with Gasteiger partial charge in [-0.25, -0.2) is 0 Å². The second kappa shape index (κ2) is 8.69.